The molecule has 0 saturated heterocycles. The summed E-state index contributed by atoms with van der Waals surface area (Å²) in [6, 6.07) is 6.68. The third kappa shape index (κ3) is 5.43. The summed E-state index contributed by atoms with van der Waals surface area (Å²) in [5, 5.41) is 8.71. The second kappa shape index (κ2) is 9.19. The minimum atomic E-state index is 0. The highest BCUT2D eigenvalue weighted by molar-refractivity contribution is 14.0. The number of hydrogen-bond acceptors (Lipinski definition) is 3. The van der Waals surface area contributed by atoms with Crippen LogP contribution in [0.1, 0.15) is 22.4 Å². The number of imidazole rings is 1. The van der Waals surface area contributed by atoms with Crippen LogP contribution in [0.5, 0.6) is 0 Å². The van der Waals surface area contributed by atoms with Crippen LogP contribution in [0.25, 0.3) is 4.96 Å². The van der Waals surface area contributed by atoms with Crippen molar-refractivity contribution < 1.29 is 0 Å². The first-order valence-corrected chi connectivity index (χ1v) is 8.95. The molecule has 0 aliphatic rings. The second-order valence-corrected chi connectivity index (χ2v) is 6.80. The van der Waals surface area contributed by atoms with Gasteiger partial charge in [0.05, 0.1) is 12.2 Å². The summed E-state index contributed by atoms with van der Waals surface area (Å²) in [5.74, 6) is 0.802. The van der Waals surface area contributed by atoms with Crippen molar-refractivity contribution >= 4 is 46.2 Å². The number of halogens is 1. The molecule has 0 saturated carbocycles. The Morgan fingerprint density at radius 3 is 2.64 bits per heavy atom. The molecule has 1 aromatic carbocycles. The van der Waals surface area contributed by atoms with Crippen molar-refractivity contribution in [2.75, 3.05) is 13.6 Å². The molecule has 0 spiro atoms. The van der Waals surface area contributed by atoms with Gasteiger partial charge in [0.2, 0.25) is 0 Å². The first-order chi connectivity index (χ1) is 11.6. The standard InChI is InChI=1S/C18H23N5S.HI/c1-13-8-14(2)10-15(9-13)4-5-20-17(19-3)21-11-16-12-23-6-7-24-18(23)22-16;/h6-10,12H,4-5,11H2,1-3H3,(H2,19,20,21);1H. The van der Waals surface area contributed by atoms with Crippen LogP contribution in [0.3, 0.4) is 0 Å². The number of aromatic nitrogens is 2. The lowest BCUT2D eigenvalue weighted by Gasteiger charge is -2.11. The number of hydrogen-bond donors (Lipinski definition) is 2. The molecular weight excluding hydrogens is 445 g/mol. The highest BCUT2D eigenvalue weighted by Crippen LogP contribution is 2.11. The molecule has 7 heteroatoms. The molecule has 5 nitrogen and oxygen atoms in total. The lowest BCUT2D eigenvalue weighted by Crippen LogP contribution is -2.37. The zero-order valence-corrected chi connectivity index (χ0v) is 17.9. The van der Waals surface area contributed by atoms with E-state index in [4.69, 9.17) is 0 Å². The molecule has 0 bridgehead atoms. The van der Waals surface area contributed by atoms with Crippen molar-refractivity contribution in [2.24, 2.45) is 4.99 Å². The van der Waals surface area contributed by atoms with E-state index >= 15 is 0 Å². The van der Waals surface area contributed by atoms with Gasteiger partial charge in [-0.1, -0.05) is 29.3 Å². The second-order valence-electron chi connectivity index (χ2n) is 5.92. The molecular formula is C18H24IN5S. The van der Waals surface area contributed by atoms with Crippen LogP contribution in [0, 0.1) is 13.8 Å². The monoisotopic (exact) mass is 469 g/mol. The van der Waals surface area contributed by atoms with Gasteiger partial charge in [-0.15, -0.1) is 35.3 Å². The van der Waals surface area contributed by atoms with Gasteiger partial charge in [-0.25, -0.2) is 4.98 Å². The van der Waals surface area contributed by atoms with E-state index in [-0.39, 0.29) is 24.0 Å². The third-order valence-corrected chi connectivity index (χ3v) is 4.56. The first-order valence-electron chi connectivity index (χ1n) is 8.07. The average Bonchev–Trinajstić information content (AvgIpc) is 3.11. The summed E-state index contributed by atoms with van der Waals surface area (Å²) in [6.07, 6.45) is 5.04. The normalized spacial score (nSPS) is 11.4. The molecule has 0 fully saturated rings. The molecule has 2 aromatic heterocycles. The summed E-state index contributed by atoms with van der Waals surface area (Å²) in [7, 11) is 1.79. The number of rotatable bonds is 5. The Balaban J connectivity index is 0.00000225. The van der Waals surface area contributed by atoms with Crippen LogP contribution in [0.2, 0.25) is 0 Å². The number of guanidine groups is 1. The maximum Gasteiger partial charge on any atom is 0.193 e. The molecule has 0 aliphatic carbocycles. The first kappa shape index (κ1) is 19.7. The largest absolute Gasteiger partial charge is 0.356 e. The number of nitrogens with one attached hydrogen (secondary N) is 2. The quantitative estimate of drug-likeness (QED) is 0.342. The van der Waals surface area contributed by atoms with Crippen molar-refractivity contribution in [3.63, 3.8) is 0 Å². The summed E-state index contributed by atoms with van der Waals surface area (Å²) < 4.78 is 2.04. The Morgan fingerprint density at radius 1 is 1.20 bits per heavy atom. The number of nitrogens with zero attached hydrogens (tertiary/aromatic N) is 3. The molecule has 0 amide bonds. The van der Waals surface area contributed by atoms with E-state index in [1.54, 1.807) is 18.4 Å². The van der Waals surface area contributed by atoms with E-state index in [0.717, 1.165) is 29.6 Å². The molecule has 0 atom stereocenters. The molecule has 25 heavy (non-hydrogen) atoms. The van der Waals surface area contributed by atoms with Crippen LogP contribution >= 0.6 is 35.3 Å². The topological polar surface area (TPSA) is 53.7 Å². The van der Waals surface area contributed by atoms with E-state index in [2.05, 4.69) is 52.7 Å². The molecule has 3 aromatic rings. The van der Waals surface area contributed by atoms with Gasteiger partial charge in [-0.2, -0.15) is 0 Å². The summed E-state index contributed by atoms with van der Waals surface area (Å²) >= 11 is 1.64. The van der Waals surface area contributed by atoms with Crippen LogP contribution in [0.4, 0.5) is 0 Å². The van der Waals surface area contributed by atoms with Crippen LogP contribution in [-0.2, 0) is 13.0 Å². The molecule has 0 radical (unpaired) electrons. The van der Waals surface area contributed by atoms with E-state index in [9.17, 15) is 0 Å². The van der Waals surface area contributed by atoms with Crippen LogP contribution < -0.4 is 10.6 Å². The zero-order valence-electron chi connectivity index (χ0n) is 14.7. The van der Waals surface area contributed by atoms with E-state index in [1.807, 2.05) is 22.2 Å². The summed E-state index contributed by atoms with van der Waals surface area (Å²) in [4.78, 5) is 9.85. The average molecular weight is 469 g/mol. The smallest absolute Gasteiger partial charge is 0.193 e. The number of aliphatic imine (C=N–C) groups is 1. The maximum absolute atomic E-state index is 4.56. The van der Waals surface area contributed by atoms with Crippen molar-refractivity contribution in [3.05, 3.63) is 58.4 Å². The van der Waals surface area contributed by atoms with Gasteiger partial charge in [-0.3, -0.25) is 9.39 Å². The molecule has 2 heterocycles. The summed E-state index contributed by atoms with van der Waals surface area (Å²) in [6.45, 7) is 5.79. The fourth-order valence-electron chi connectivity index (χ4n) is 2.79. The minimum Gasteiger partial charge on any atom is -0.356 e. The Kier molecular flexibility index (Phi) is 7.24. The van der Waals surface area contributed by atoms with Gasteiger partial charge >= 0.3 is 0 Å². The number of benzene rings is 1. The Hall–Kier alpha value is -1.61. The van der Waals surface area contributed by atoms with Crippen molar-refractivity contribution in [1.29, 1.82) is 0 Å². The van der Waals surface area contributed by atoms with Crippen LogP contribution in [-0.4, -0.2) is 28.9 Å². The molecule has 134 valence electrons. The fraction of sp³-hybridized carbons (Fsp3) is 0.333. The fourth-order valence-corrected chi connectivity index (χ4v) is 3.51. The maximum atomic E-state index is 4.56. The number of thiazole rings is 1. The number of fused-ring (bicyclic) bond motifs is 1. The molecule has 2 N–H and O–H groups in total. The summed E-state index contributed by atoms with van der Waals surface area (Å²) in [5.41, 5.74) is 4.99. The zero-order chi connectivity index (χ0) is 16.9. The van der Waals surface area contributed by atoms with Crippen molar-refractivity contribution in [1.82, 2.24) is 20.0 Å². The van der Waals surface area contributed by atoms with Gasteiger partial charge in [0, 0.05) is 31.4 Å². The predicted octanol–water partition coefficient (Wildman–Crippen LogP) is 3.54. The SMILES string of the molecule is CN=C(NCCc1cc(C)cc(C)c1)NCc1cn2ccsc2n1.I. The Bertz CT molecular complexity index is 803. The van der Waals surface area contributed by atoms with E-state index < -0.39 is 0 Å². The Labute approximate surface area is 169 Å². The van der Waals surface area contributed by atoms with E-state index in [0.29, 0.717) is 6.54 Å². The minimum absolute atomic E-state index is 0. The van der Waals surface area contributed by atoms with Gasteiger partial charge < -0.3 is 10.6 Å². The Morgan fingerprint density at radius 2 is 1.96 bits per heavy atom. The van der Waals surface area contributed by atoms with Crippen LogP contribution in [0.15, 0.2) is 41.0 Å². The van der Waals surface area contributed by atoms with Gasteiger partial charge in [-0.05, 0) is 25.8 Å². The lowest BCUT2D eigenvalue weighted by molar-refractivity contribution is 0.786. The highest BCUT2D eigenvalue weighted by Gasteiger charge is 2.04. The van der Waals surface area contributed by atoms with Gasteiger partial charge in [0.1, 0.15) is 0 Å². The van der Waals surface area contributed by atoms with Gasteiger partial charge in [0.25, 0.3) is 0 Å². The molecule has 0 unspecified atom stereocenters. The molecule has 0 aliphatic heterocycles. The predicted molar refractivity (Wildman–Crippen MR) is 116 cm³/mol. The lowest BCUT2D eigenvalue weighted by atomic mass is 10.1. The highest BCUT2D eigenvalue weighted by atomic mass is 127. The van der Waals surface area contributed by atoms with Gasteiger partial charge in [0.15, 0.2) is 10.9 Å². The molecule has 3 rings (SSSR count). The van der Waals surface area contributed by atoms with Crippen molar-refractivity contribution in [3.8, 4) is 0 Å². The van der Waals surface area contributed by atoms with Crippen molar-refractivity contribution in [2.45, 2.75) is 26.8 Å². The van der Waals surface area contributed by atoms with E-state index in [1.165, 1.54) is 16.7 Å². The number of aryl methyl sites for hydroxylation is 2. The third-order valence-electron chi connectivity index (χ3n) is 3.79.